The Balaban J connectivity index is 1.82. The molecule has 27 heavy (non-hydrogen) atoms. The van der Waals surface area contributed by atoms with Crippen LogP contribution in [-0.4, -0.2) is 34.1 Å². The van der Waals surface area contributed by atoms with E-state index in [4.69, 9.17) is 14.5 Å². The Kier molecular flexibility index (Phi) is 4.68. The Morgan fingerprint density at radius 3 is 2.89 bits per heavy atom. The predicted octanol–water partition coefficient (Wildman–Crippen LogP) is 4.20. The summed E-state index contributed by atoms with van der Waals surface area (Å²) in [5.41, 5.74) is 1.42. The lowest BCUT2D eigenvalue weighted by Gasteiger charge is -2.36. The fourth-order valence-electron chi connectivity index (χ4n) is 4.00. The molecule has 144 valence electrons. The van der Waals surface area contributed by atoms with Crippen molar-refractivity contribution < 1.29 is 9.47 Å². The maximum Gasteiger partial charge on any atom is 0.271 e. The monoisotopic (exact) mass is 387 g/mol. The van der Waals surface area contributed by atoms with Gasteiger partial charge in [0.05, 0.1) is 34.6 Å². The van der Waals surface area contributed by atoms with Crippen LogP contribution in [0.5, 0.6) is 5.75 Å². The van der Waals surface area contributed by atoms with Crippen LogP contribution in [-0.2, 0) is 4.74 Å². The van der Waals surface area contributed by atoms with Gasteiger partial charge in [-0.05, 0) is 39.7 Å². The third-order valence-corrected chi connectivity index (χ3v) is 6.37. The number of methoxy groups -OCH3 is 1. The third-order valence-electron chi connectivity index (χ3n) is 5.21. The van der Waals surface area contributed by atoms with E-state index in [1.165, 1.54) is 0 Å². The Morgan fingerprint density at radius 2 is 2.15 bits per heavy atom. The second-order valence-electron chi connectivity index (χ2n) is 7.67. The molecule has 0 saturated carbocycles. The molecular weight excluding hydrogens is 362 g/mol. The lowest BCUT2D eigenvalue weighted by atomic mass is 9.94. The van der Waals surface area contributed by atoms with E-state index in [0.717, 1.165) is 35.0 Å². The minimum absolute atomic E-state index is 0.0750. The largest absolute Gasteiger partial charge is 0.496 e. The van der Waals surface area contributed by atoms with Crippen molar-refractivity contribution in [2.75, 3.05) is 13.7 Å². The number of benzene rings is 1. The van der Waals surface area contributed by atoms with Gasteiger partial charge < -0.3 is 9.47 Å². The third kappa shape index (κ3) is 3.34. The summed E-state index contributed by atoms with van der Waals surface area (Å²) in [5.74, 6) is 1.53. The molecule has 0 aliphatic carbocycles. The molecule has 4 rings (SSSR count). The van der Waals surface area contributed by atoms with Crippen molar-refractivity contribution in [1.82, 2.24) is 9.78 Å². The van der Waals surface area contributed by atoms with E-state index >= 15 is 0 Å². The smallest absolute Gasteiger partial charge is 0.271 e. The molecule has 0 spiro atoms. The number of H-pyrrole nitrogens is 1. The summed E-state index contributed by atoms with van der Waals surface area (Å²) >= 11 is 1.60. The van der Waals surface area contributed by atoms with E-state index in [-0.39, 0.29) is 22.5 Å². The van der Waals surface area contributed by atoms with Crippen LogP contribution in [0.1, 0.15) is 56.0 Å². The topological polar surface area (TPSA) is 68.6 Å². The van der Waals surface area contributed by atoms with Crippen molar-refractivity contribution in [3.05, 3.63) is 45.7 Å². The van der Waals surface area contributed by atoms with Gasteiger partial charge in [0, 0.05) is 12.2 Å². The van der Waals surface area contributed by atoms with E-state index in [9.17, 15) is 4.79 Å². The van der Waals surface area contributed by atoms with Crippen LogP contribution < -0.4 is 10.3 Å². The van der Waals surface area contributed by atoms with E-state index in [1.54, 1.807) is 18.9 Å². The van der Waals surface area contributed by atoms with Crippen LogP contribution >= 0.6 is 11.8 Å². The molecule has 7 heteroatoms. The first-order valence-corrected chi connectivity index (χ1v) is 10.1. The molecular formula is C20H25N3O3S. The number of hydrogen-bond donors (Lipinski definition) is 1. The fraction of sp³-hybridized carbons (Fsp3) is 0.500. The Bertz CT molecular complexity index is 944. The quantitative estimate of drug-likeness (QED) is 0.857. The summed E-state index contributed by atoms with van der Waals surface area (Å²) in [6.45, 7) is 6.86. The number of hydrogen-bond acceptors (Lipinski definition) is 5. The van der Waals surface area contributed by atoms with Gasteiger partial charge >= 0.3 is 0 Å². The second kappa shape index (κ2) is 6.87. The van der Waals surface area contributed by atoms with E-state index in [2.05, 4.69) is 18.9 Å². The van der Waals surface area contributed by atoms with Crippen LogP contribution in [0.4, 0.5) is 5.82 Å². The van der Waals surface area contributed by atoms with Gasteiger partial charge in [-0.15, -0.1) is 0 Å². The molecule has 2 aliphatic heterocycles. The Morgan fingerprint density at radius 1 is 1.37 bits per heavy atom. The van der Waals surface area contributed by atoms with Crippen LogP contribution in [0.2, 0.25) is 0 Å². The normalized spacial score (nSPS) is 24.2. The highest BCUT2D eigenvalue weighted by Crippen LogP contribution is 2.47. The van der Waals surface area contributed by atoms with Crippen molar-refractivity contribution in [3.63, 3.8) is 0 Å². The maximum atomic E-state index is 12.9. The lowest BCUT2D eigenvalue weighted by molar-refractivity contribution is -0.0705. The number of aliphatic imine (C=N–C) groups is 1. The zero-order valence-corrected chi connectivity index (χ0v) is 16.9. The Labute approximate surface area is 163 Å². The van der Waals surface area contributed by atoms with Crippen molar-refractivity contribution in [2.45, 2.75) is 50.5 Å². The number of nitrogens with one attached hydrogen (secondary N) is 1. The molecule has 0 unspecified atom stereocenters. The van der Waals surface area contributed by atoms with Gasteiger partial charge in [0.1, 0.15) is 5.75 Å². The van der Waals surface area contributed by atoms with Gasteiger partial charge in [-0.1, -0.05) is 30.0 Å². The molecule has 1 aromatic heterocycles. The van der Waals surface area contributed by atoms with Crippen molar-refractivity contribution >= 4 is 22.6 Å². The molecule has 6 nitrogen and oxygen atoms in total. The Hall–Kier alpha value is -1.99. The number of nitrogens with zero attached hydrogens (tertiary/aromatic N) is 2. The number of aromatic nitrogens is 2. The van der Waals surface area contributed by atoms with Crippen LogP contribution in [0.15, 0.2) is 34.1 Å². The van der Waals surface area contributed by atoms with Crippen molar-refractivity contribution in [3.8, 4) is 5.75 Å². The van der Waals surface area contributed by atoms with E-state index < -0.39 is 0 Å². The molecule has 3 heterocycles. The molecule has 0 bridgehead atoms. The minimum Gasteiger partial charge on any atom is -0.496 e. The summed E-state index contributed by atoms with van der Waals surface area (Å²) < 4.78 is 13.4. The van der Waals surface area contributed by atoms with Gasteiger partial charge in [-0.25, -0.2) is 4.99 Å². The number of thioether (sulfide) groups is 1. The second-order valence-corrected chi connectivity index (χ2v) is 8.97. The average molecular weight is 388 g/mol. The number of para-hydroxylation sites is 1. The molecule has 1 N–H and O–H groups in total. The van der Waals surface area contributed by atoms with Gasteiger partial charge in [0.25, 0.3) is 5.56 Å². The fourth-order valence-corrected chi connectivity index (χ4v) is 5.13. The standard InChI is InChI=1S/C20H25N3O3S/c1-12-21-18-16(17(27-12)14-7-5-6-8-15(14)25-4)19(24)22-23(18)13-9-10-26-20(2,3)11-13/h5-8,13,17H,9-11H2,1-4H3,(H,22,24)/t13-,17-/m1/s1. The first-order chi connectivity index (χ1) is 12.9. The van der Waals surface area contributed by atoms with Crippen LogP contribution in [0.3, 0.4) is 0 Å². The zero-order chi connectivity index (χ0) is 19.2. The molecule has 1 fully saturated rings. The first-order valence-electron chi connectivity index (χ1n) is 9.23. The zero-order valence-electron chi connectivity index (χ0n) is 16.1. The van der Waals surface area contributed by atoms with Crippen LogP contribution in [0, 0.1) is 0 Å². The summed E-state index contributed by atoms with van der Waals surface area (Å²) in [7, 11) is 1.66. The minimum atomic E-state index is -0.207. The highest BCUT2D eigenvalue weighted by Gasteiger charge is 2.36. The first kappa shape index (κ1) is 18.4. The van der Waals surface area contributed by atoms with Crippen LogP contribution in [0.25, 0.3) is 0 Å². The number of fused-ring (bicyclic) bond motifs is 1. The number of ether oxygens (including phenoxy) is 2. The highest BCUT2D eigenvalue weighted by molar-refractivity contribution is 8.14. The molecule has 0 radical (unpaired) electrons. The highest BCUT2D eigenvalue weighted by atomic mass is 32.2. The summed E-state index contributed by atoms with van der Waals surface area (Å²) in [5, 5.41) is 3.87. The predicted molar refractivity (Wildman–Crippen MR) is 109 cm³/mol. The lowest BCUT2D eigenvalue weighted by Crippen LogP contribution is -2.35. The van der Waals surface area contributed by atoms with Gasteiger partial charge in [-0.3, -0.25) is 14.6 Å². The summed E-state index contributed by atoms with van der Waals surface area (Å²) in [4.78, 5) is 17.7. The number of aromatic amines is 1. The molecule has 2 aromatic rings. The van der Waals surface area contributed by atoms with Crippen molar-refractivity contribution in [1.29, 1.82) is 0 Å². The average Bonchev–Trinajstić information content (AvgIpc) is 2.96. The van der Waals surface area contributed by atoms with Gasteiger partial charge in [0.15, 0.2) is 5.82 Å². The van der Waals surface area contributed by atoms with Gasteiger partial charge in [-0.2, -0.15) is 0 Å². The summed E-state index contributed by atoms with van der Waals surface area (Å²) in [6.07, 6.45) is 1.70. The number of rotatable bonds is 3. The van der Waals surface area contributed by atoms with Gasteiger partial charge in [0.2, 0.25) is 0 Å². The molecule has 2 atom stereocenters. The molecule has 1 saturated heterocycles. The summed E-state index contributed by atoms with van der Waals surface area (Å²) in [6, 6.07) is 8.04. The van der Waals surface area contributed by atoms with E-state index in [1.807, 2.05) is 35.9 Å². The molecule has 1 aromatic carbocycles. The SMILES string of the molecule is COc1ccccc1[C@H]1SC(C)=Nc2c1c(=O)[nH]n2[C@@H]1CCOC(C)(C)C1. The maximum absolute atomic E-state index is 12.9. The molecule has 0 amide bonds. The van der Waals surface area contributed by atoms with Crippen molar-refractivity contribution in [2.24, 2.45) is 4.99 Å². The molecule has 2 aliphatic rings. The van der Waals surface area contributed by atoms with E-state index in [0.29, 0.717) is 12.2 Å².